The van der Waals surface area contributed by atoms with Gasteiger partial charge < -0.3 is 20.1 Å². The van der Waals surface area contributed by atoms with Crippen LogP contribution in [0.25, 0.3) is 6.08 Å². The van der Waals surface area contributed by atoms with Gasteiger partial charge in [0, 0.05) is 30.9 Å². The van der Waals surface area contributed by atoms with Crippen molar-refractivity contribution < 1.29 is 32.2 Å². The Kier molecular flexibility index (Phi) is 8.88. The van der Waals surface area contributed by atoms with Crippen LogP contribution in [0.15, 0.2) is 84.9 Å². The zero-order chi connectivity index (χ0) is 27.8. The Bertz CT molecular complexity index is 1280. The smallest absolute Gasteiger partial charge is 0.489 e. The van der Waals surface area contributed by atoms with E-state index in [1.807, 2.05) is 30.3 Å². The van der Waals surface area contributed by atoms with Gasteiger partial charge in [-0.1, -0.05) is 42.5 Å². The second-order valence-corrected chi connectivity index (χ2v) is 9.03. The van der Waals surface area contributed by atoms with Gasteiger partial charge >= 0.3 is 6.36 Å². The summed E-state index contributed by atoms with van der Waals surface area (Å²) in [6.45, 7) is 0.980. The summed E-state index contributed by atoms with van der Waals surface area (Å²) in [5.41, 5.74) is 7.95. The van der Waals surface area contributed by atoms with Crippen LogP contribution < -0.4 is 20.1 Å². The number of alkyl halides is 3. The lowest BCUT2D eigenvalue weighted by Gasteiger charge is -2.24. The molecular weight excluding hydrogens is 511 g/mol. The van der Waals surface area contributed by atoms with E-state index < -0.39 is 6.36 Å². The molecule has 1 fully saturated rings. The summed E-state index contributed by atoms with van der Waals surface area (Å²) in [6.07, 6.45) is -0.918. The lowest BCUT2D eigenvalue weighted by molar-refractivity contribution is -0.274. The SMILES string of the molecule is N[C@H]1CCN(C(=O)CN(C(=O)C=Cc2ccccc2)c2ccc(OCc3ccc(OC(F)(F)F)cc3)cc2)C1. The molecule has 3 aromatic carbocycles. The Morgan fingerprint density at radius 2 is 1.64 bits per heavy atom. The van der Waals surface area contributed by atoms with E-state index in [4.69, 9.17) is 10.5 Å². The third-order valence-electron chi connectivity index (χ3n) is 6.07. The summed E-state index contributed by atoms with van der Waals surface area (Å²) in [5.74, 6) is -0.376. The van der Waals surface area contributed by atoms with Gasteiger partial charge in [0.2, 0.25) is 5.91 Å². The highest BCUT2D eigenvalue weighted by molar-refractivity contribution is 6.06. The number of ether oxygens (including phenoxy) is 2. The molecule has 4 rings (SSSR count). The van der Waals surface area contributed by atoms with E-state index in [1.54, 1.807) is 35.2 Å². The highest BCUT2D eigenvalue weighted by Crippen LogP contribution is 2.24. The lowest BCUT2D eigenvalue weighted by Crippen LogP contribution is -2.42. The van der Waals surface area contributed by atoms with Crippen LogP contribution in [0.4, 0.5) is 18.9 Å². The van der Waals surface area contributed by atoms with Crippen molar-refractivity contribution in [3.63, 3.8) is 0 Å². The van der Waals surface area contributed by atoms with Crippen LogP contribution in [0.2, 0.25) is 0 Å². The molecule has 3 aromatic rings. The first-order chi connectivity index (χ1) is 18.7. The van der Waals surface area contributed by atoms with E-state index in [0.717, 1.165) is 12.0 Å². The molecule has 1 saturated heterocycles. The molecule has 0 radical (unpaired) electrons. The molecule has 0 aliphatic carbocycles. The number of carbonyl (C=O) groups excluding carboxylic acids is 2. The summed E-state index contributed by atoms with van der Waals surface area (Å²) in [5, 5.41) is 0. The highest BCUT2D eigenvalue weighted by Gasteiger charge is 2.31. The van der Waals surface area contributed by atoms with Crippen molar-refractivity contribution in [3.8, 4) is 11.5 Å². The van der Waals surface area contributed by atoms with Gasteiger partial charge in [-0.15, -0.1) is 13.2 Å². The van der Waals surface area contributed by atoms with Crippen molar-refractivity contribution in [2.75, 3.05) is 24.5 Å². The second kappa shape index (κ2) is 12.5. The first kappa shape index (κ1) is 27.7. The number of nitrogens with zero attached hydrogens (tertiary/aromatic N) is 2. The fraction of sp³-hybridized carbons (Fsp3) is 0.241. The van der Waals surface area contributed by atoms with Crippen molar-refractivity contribution in [2.45, 2.75) is 25.4 Å². The van der Waals surface area contributed by atoms with E-state index in [2.05, 4.69) is 4.74 Å². The standard InChI is InChI=1S/C29H28F3N3O4/c30-29(31,32)39-26-11-6-22(7-12-26)20-38-25-13-9-24(10-14-25)35(19-28(37)34-17-16-23(33)18-34)27(36)15-8-21-4-2-1-3-5-21/h1-15,23H,16-20,33H2/t23-/m0/s1. The summed E-state index contributed by atoms with van der Waals surface area (Å²) in [7, 11) is 0. The molecule has 2 N–H and O–H groups in total. The van der Waals surface area contributed by atoms with Crippen LogP contribution in [0.5, 0.6) is 11.5 Å². The Morgan fingerprint density at radius 1 is 0.974 bits per heavy atom. The number of anilines is 1. The maximum Gasteiger partial charge on any atom is 0.573 e. The zero-order valence-corrected chi connectivity index (χ0v) is 21.0. The zero-order valence-electron chi connectivity index (χ0n) is 21.0. The topological polar surface area (TPSA) is 85.1 Å². The number of amides is 2. The van der Waals surface area contributed by atoms with Gasteiger partial charge in [0.1, 0.15) is 24.7 Å². The molecule has 1 aliphatic rings. The van der Waals surface area contributed by atoms with E-state index >= 15 is 0 Å². The summed E-state index contributed by atoms with van der Waals surface area (Å²) in [6, 6.07) is 21.3. The van der Waals surface area contributed by atoms with Crippen LogP contribution in [0.3, 0.4) is 0 Å². The number of carbonyl (C=O) groups is 2. The first-order valence-electron chi connectivity index (χ1n) is 12.3. The number of halogens is 3. The van der Waals surface area contributed by atoms with Gasteiger partial charge in [0.05, 0.1) is 0 Å². The van der Waals surface area contributed by atoms with Gasteiger partial charge in [-0.3, -0.25) is 14.5 Å². The van der Waals surface area contributed by atoms with Gasteiger partial charge in [0.15, 0.2) is 0 Å². The van der Waals surface area contributed by atoms with Crippen molar-refractivity contribution in [1.29, 1.82) is 0 Å². The maximum atomic E-state index is 13.2. The van der Waals surface area contributed by atoms with Crippen LogP contribution in [-0.2, 0) is 16.2 Å². The predicted molar refractivity (Wildman–Crippen MR) is 141 cm³/mol. The predicted octanol–water partition coefficient (Wildman–Crippen LogP) is 4.77. The molecule has 0 bridgehead atoms. The Balaban J connectivity index is 1.43. The average molecular weight is 540 g/mol. The Labute approximate surface area is 224 Å². The van der Waals surface area contributed by atoms with E-state index in [9.17, 15) is 22.8 Å². The third-order valence-corrected chi connectivity index (χ3v) is 6.07. The average Bonchev–Trinajstić information content (AvgIpc) is 3.36. The van der Waals surface area contributed by atoms with Crippen molar-refractivity contribution in [1.82, 2.24) is 4.90 Å². The van der Waals surface area contributed by atoms with Crippen LogP contribution in [-0.4, -0.2) is 48.8 Å². The highest BCUT2D eigenvalue weighted by atomic mass is 19.4. The molecule has 1 heterocycles. The minimum Gasteiger partial charge on any atom is -0.489 e. The molecule has 10 heteroatoms. The number of hydrogen-bond acceptors (Lipinski definition) is 5. The quantitative estimate of drug-likeness (QED) is 0.396. The maximum absolute atomic E-state index is 13.2. The fourth-order valence-electron chi connectivity index (χ4n) is 4.04. The van der Waals surface area contributed by atoms with E-state index in [-0.39, 0.29) is 36.8 Å². The van der Waals surface area contributed by atoms with E-state index in [0.29, 0.717) is 30.1 Å². The van der Waals surface area contributed by atoms with Crippen LogP contribution >= 0.6 is 0 Å². The lowest BCUT2D eigenvalue weighted by atomic mass is 10.2. The molecule has 0 unspecified atom stereocenters. The van der Waals surface area contributed by atoms with Gasteiger partial charge in [-0.05, 0) is 60.0 Å². The third kappa shape index (κ3) is 8.34. The first-order valence-corrected chi connectivity index (χ1v) is 12.3. The van der Waals surface area contributed by atoms with Gasteiger partial charge in [0.25, 0.3) is 5.91 Å². The van der Waals surface area contributed by atoms with Gasteiger partial charge in [-0.2, -0.15) is 0 Å². The molecule has 0 saturated carbocycles. The second-order valence-electron chi connectivity index (χ2n) is 9.03. The minimum atomic E-state index is -4.75. The number of hydrogen-bond donors (Lipinski definition) is 1. The largest absolute Gasteiger partial charge is 0.573 e. The monoisotopic (exact) mass is 539 g/mol. The molecule has 7 nitrogen and oxygen atoms in total. The summed E-state index contributed by atoms with van der Waals surface area (Å²) in [4.78, 5) is 29.2. The molecular formula is C29H28F3N3O4. The molecule has 2 amide bonds. The fourth-order valence-corrected chi connectivity index (χ4v) is 4.04. The van der Waals surface area contributed by atoms with Crippen molar-refractivity contribution in [2.24, 2.45) is 5.73 Å². The van der Waals surface area contributed by atoms with E-state index in [1.165, 1.54) is 35.2 Å². The molecule has 1 atom stereocenters. The molecule has 1 aliphatic heterocycles. The normalized spacial score (nSPS) is 15.4. The van der Waals surface area contributed by atoms with Crippen LogP contribution in [0.1, 0.15) is 17.5 Å². The number of rotatable bonds is 9. The number of benzene rings is 3. The Hall–Kier alpha value is -4.31. The number of nitrogens with two attached hydrogens (primary N) is 1. The van der Waals surface area contributed by atoms with Crippen molar-refractivity contribution in [3.05, 3.63) is 96.1 Å². The van der Waals surface area contributed by atoms with Gasteiger partial charge in [-0.25, -0.2) is 0 Å². The summed E-state index contributed by atoms with van der Waals surface area (Å²) >= 11 is 0. The minimum absolute atomic E-state index is 0.0686. The molecule has 0 aromatic heterocycles. The Morgan fingerprint density at radius 3 is 2.26 bits per heavy atom. The van der Waals surface area contributed by atoms with Crippen LogP contribution in [0, 0.1) is 0 Å². The van der Waals surface area contributed by atoms with Crippen molar-refractivity contribution >= 4 is 23.6 Å². The molecule has 0 spiro atoms. The number of likely N-dealkylation sites (tertiary alicyclic amines) is 1. The summed E-state index contributed by atoms with van der Waals surface area (Å²) < 4.78 is 46.6. The molecule has 204 valence electrons. The molecule has 39 heavy (non-hydrogen) atoms.